The normalized spacial score (nSPS) is 25.5. The van der Waals surface area contributed by atoms with E-state index in [2.05, 4.69) is 24.8 Å². The Morgan fingerprint density at radius 2 is 2.19 bits per heavy atom. The van der Waals surface area contributed by atoms with Gasteiger partial charge in [0.05, 0.1) is 24.8 Å². The van der Waals surface area contributed by atoms with Gasteiger partial charge >= 0.3 is 19.4 Å². The molecule has 3 rings (SSSR count). The fourth-order valence-corrected chi connectivity index (χ4v) is 5.31. The van der Waals surface area contributed by atoms with E-state index in [9.17, 15) is 19.3 Å². The SMILES string of the molecule is COC(=O)[C@H](C)NP(=O)(OC[C@H]1O[C@@H](n2ccc(N)nc2=O)[C@](C)(N=[N+]=[N-])[C@@H]1O)Oc1ccccc1Cl. The minimum atomic E-state index is -4.36. The average molecular weight is 558 g/mol. The maximum absolute atomic E-state index is 13.6. The quantitative estimate of drug-likeness (QED) is 0.126. The second kappa shape index (κ2) is 11.5. The summed E-state index contributed by atoms with van der Waals surface area (Å²) in [5.41, 5.74) is 12.1. The first-order chi connectivity index (χ1) is 17.4. The van der Waals surface area contributed by atoms with E-state index in [4.69, 9.17) is 36.7 Å². The Kier molecular flexibility index (Phi) is 8.82. The molecule has 6 atom stereocenters. The fraction of sp³-hybridized carbons (Fsp3) is 0.450. The van der Waals surface area contributed by atoms with E-state index in [0.29, 0.717) is 0 Å². The van der Waals surface area contributed by atoms with Crippen LogP contribution in [0.5, 0.6) is 5.75 Å². The van der Waals surface area contributed by atoms with Crippen molar-refractivity contribution in [1.82, 2.24) is 14.6 Å². The Hall–Kier alpha value is -3.16. The van der Waals surface area contributed by atoms with E-state index < -0.39 is 56.0 Å². The number of ether oxygens (including phenoxy) is 2. The molecule has 1 aromatic heterocycles. The molecule has 0 spiro atoms. The third-order valence-corrected chi connectivity index (χ3v) is 7.43. The zero-order chi connectivity index (χ0) is 27.4. The highest BCUT2D eigenvalue weighted by atomic mass is 35.5. The summed E-state index contributed by atoms with van der Waals surface area (Å²) in [5, 5.41) is 17.2. The third-order valence-electron chi connectivity index (χ3n) is 5.49. The summed E-state index contributed by atoms with van der Waals surface area (Å²) >= 11 is 6.11. The van der Waals surface area contributed by atoms with Crippen LogP contribution in [0.25, 0.3) is 10.4 Å². The summed E-state index contributed by atoms with van der Waals surface area (Å²) in [6, 6.07) is 6.31. The molecule has 200 valence electrons. The standard InChI is InChI=1S/C20H25ClN7O8P/c1-11(17(30)33-3)25-37(32,36-13-7-5-4-6-12(13)21)34-10-14-16(29)20(2,26-27-23)18(35-14)28-9-8-15(22)24-19(28)31/h4-9,11,14,16,18,29H,10H2,1-3H3,(H,25,32)(H2,22,24,31)/t11-,14+,16+,18+,20+,37?/m0/s1. The molecule has 17 heteroatoms. The summed E-state index contributed by atoms with van der Waals surface area (Å²) in [6.07, 6.45) is -2.87. The van der Waals surface area contributed by atoms with Crippen molar-refractivity contribution in [3.8, 4) is 5.75 Å². The van der Waals surface area contributed by atoms with E-state index in [-0.39, 0.29) is 16.6 Å². The third kappa shape index (κ3) is 6.22. The van der Waals surface area contributed by atoms with E-state index in [0.717, 1.165) is 11.7 Å². The first kappa shape index (κ1) is 28.4. The van der Waals surface area contributed by atoms with E-state index in [1.54, 1.807) is 12.1 Å². The number of rotatable bonds is 10. The number of anilines is 1. The van der Waals surface area contributed by atoms with Crippen molar-refractivity contribution in [1.29, 1.82) is 0 Å². The predicted molar refractivity (Wildman–Crippen MR) is 131 cm³/mol. The van der Waals surface area contributed by atoms with Crippen LogP contribution >= 0.6 is 19.3 Å². The highest BCUT2D eigenvalue weighted by Crippen LogP contribution is 2.48. The van der Waals surface area contributed by atoms with Crippen molar-refractivity contribution < 1.29 is 33.0 Å². The number of hydrogen-bond donors (Lipinski definition) is 3. The van der Waals surface area contributed by atoms with Gasteiger partial charge in [0.15, 0.2) is 6.23 Å². The van der Waals surface area contributed by atoms with Crippen molar-refractivity contribution in [2.24, 2.45) is 5.11 Å². The second-order valence-corrected chi connectivity index (χ2v) is 10.2. The van der Waals surface area contributed by atoms with Crippen molar-refractivity contribution in [2.75, 3.05) is 19.5 Å². The predicted octanol–water partition coefficient (Wildman–Crippen LogP) is 2.16. The van der Waals surface area contributed by atoms with Crippen LogP contribution in [0.3, 0.4) is 0 Å². The van der Waals surface area contributed by atoms with Gasteiger partial charge in [0.2, 0.25) is 0 Å². The Morgan fingerprint density at radius 1 is 1.49 bits per heavy atom. The number of benzene rings is 1. The van der Waals surface area contributed by atoms with Crippen molar-refractivity contribution in [2.45, 2.75) is 43.9 Å². The van der Waals surface area contributed by atoms with E-state index >= 15 is 0 Å². The summed E-state index contributed by atoms with van der Waals surface area (Å²) in [7, 11) is -3.22. The molecule has 0 radical (unpaired) electrons. The summed E-state index contributed by atoms with van der Waals surface area (Å²) in [6.45, 7) is 2.14. The molecule has 1 fully saturated rings. The van der Waals surface area contributed by atoms with Crippen molar-refractivity contribution >= 4 is 31.1 Å². The number of azide groups is 1. The Bertz CT molecular complexity index is 1310. The van der Waals surface area contributed by atoms with Gasteiger partial charge in [-0.05, 0) is 37.6 Å². The van der Waals surface area contributed by atoms with Crippen LogP contribution in [0.15, 0.2) is 46.4 Å². The molecule has 37 heavy (non-hydrogen) atoms. The van der Waals surface area contributed by atoms with Gasteiger partial charge in [0.1, 0.15) is 29.3 Å². The van der Waals surface area contributed by atoms with Crippen LogP contribution in [0, 0.1) is 0 Å². The highest BCUT2D eigenvalue weighted by molar-refractivity contribution is 7.52. The summed E-state index contributed by atoms with van der Waals surface area (Å²) in [5.74, 6) is -0.815. The number of aromatic nitrogens is 2. The minimum Gasteiger partial charge on any atom is -0.468 e. The number of carbonyl (C=O) groups excluding carboxylic acids is 1. The molecule has 1 aromatic carbocycles. The second-order valence-electron chi connectivity index (χ2n) is 8.12. The van der Waals surface area contributed by atoms with Crippen LogP contribution in [-0.4, -0.2) is 58.1 Å². The summed E-state index contributed by atoms with van der Waals surface area (Å²) < 4.78 is 36.1. The fourth-order valence-electron chi connectivity index (χ4n) is 3.56. The zero-order valence-corrected chi connectivity index (χ0v) is 21.6. The Morgan fingerprint density at radius 3 is 2.81 bits per heavy atom. The van der Waals surface area contributed by atoms with Crippen molar-refractivity contribution in [3.05, 3.63) is 62.5 Å². The molecule has 0 aliphatic carbocycles. The molecule has 0 bridgehead atoms. The number of aliphatic hydroxyl groups excluding tert-OH is 1. The van der Waals surface area contributed by atoms with Crippen molar-refractivity contribution in [3.63, 3.8) is 0 Å². The lowest BCUT2D eigenvalue weighted by molar-refractivity contribution is -0.142. The molecule has 0 saturated carbocycles. The first-order valence-corrected chi connectivity index (χ1v) is 12.6. The monoisotopic (exact) mass is 557 g/mol. The van der Waals surface area contributed by atoms with Gasteiger partial charge < -0.3 is 24.8 Å². The number of nitrogens with two attached hydrogens (primary N) is 1. The maximum Gasteiger partial charge on any atom is 0.459 e. The molecule has 15 nitrogen and oxygen atoms in total. The number of nitrogen functional groups attached to an aromatic ring is 1. The molecule has 1 unspecified atom stereocenters. The molecule has 2 aromatic rings. The first-order valence-electron chi connectivity index (χ1n) is 10.7. The molecule has 4 N–H and O–H groups in total. The van der Waals surface area contributed by atoms with Crippen LogP contribution in [0.4, 0.5) is 5.82 Å². The Balaban J connectivity index is 1.89. The topological polar surface area (TPSA) is 213 Å². The summed E-state index contributed by atoms with van der Waals surface area (Å²) in [4.78, 5) is 30.7. The number of nitrogens with zero attached hydrogens (tertiary/aromatic N) is 5. The highest BCUT2D eigenvalue weighted by Gasteiger charge is 2.55. The van der Waals surface area contributed by atoms with E-state index in [1.165, 1.54) is 38.2 Å². The smallest absolute Gasteiger partial charge is 0.459 e. The largest absolute Gasteiger partial charge is 0.468 e. The van der Waals surface area contributed by atoms with Crippen LogP contribution in [0.2, 0.25) is 5.02 Å². The Labute approximate surface area is 215 Å². The molecule has 2 heterocycles. The lowest BCUT2D eigenvalue weighted by Gasteiger charge is -2.28. The number of aliphatic hydroxyl groups is 1. The molecule has 1 aliphatic rings. The van der Waals surface area contributed by atoms with Gasteiger partial charge in [-0.3, -0.25) is 13.9 Å². The molecular weight excluding hydrogens is 533 g/mol. The van der Waals surface area contributed by atoms with Crippen LogP contribution < -0.4 is 21.0 Å². The van der Waals surface area contributed by atoms with E-state index in [1.807, 2.05) is 0 Å². The minimum absolute atomic E-state index is 0.0127. The van der Waals surface area contributed by atoms with Gasteiger partial charge in [-0.15, -0.1) is 0 Å². The number of hydrogen-bond acceptors (Lipinski definition) is 11. The molecule has 0 amide bonds. The van der Waals surface area contributed by atoms with Gasteiger partial charge in [-0.25, -0.2) is 9.36 Å². The number of methoxy groups -OCH3 is 1. The average Bonchev–Trinajstić information content (AvgIpc) is 3.09. The molecule has 1 aliphatic heterocycles. The molecule has 1 saturated heterocycles. The van der Waals surface area contributed by atoms with Gasteiger partial charge in [0, 0.05) is 11.1 Å². The van der Waals surface area contributed by atoms with Gasteiger partial charge in [-0.1, -0.05) is 28.8 Å². The number of nitrogens with one attached hydrogen (secondary N) is 1. The lowest BCUT2D eigenvalue weighted by atomic mass is 9.93. The lowest BCUT2D eigenvalue weighted by Crippen LogP contribution is -2.45. The number of esters is 1. The number of para-hydroxylation sites is 1. The number of halogens is 1. The maximum atomic E-state index is 13.6. The van der Waals surface area contributed by atoms with Crippen LogP contribution in [-0.2, 0) is 23.4 Å². The molecular formula is C20H25ClN7O8P. The van der Waals surface area contributed by atoms with Crippen LogP contribution in [0.1, 0.15) is 20.1 Å². The number of carbonyl (C=O) groups is 1. The zero-order valence-electron chi connectivity index (χ0n) is 19.9. The van der Waals surface area contributed by atoms with Gasteiger partial charge in [0.25, 0.3) is 0 Å². The van der Waals surface area contributed by atoms with Gasteiger partial charge in [-0.2, -0.15) is 10.1 Å².